The molecule has 0 aromatic carbocycles. The normalized spacial score (nSPS) is 16.6. The first kappa shape index (κ1) is 13.1. The molecule has 1 saturated heterocycles. The molecule has 3 rings (SSSR count). The number of fused-ring (bicyclic) bond motifs is 1. The number of pyridine rings is 1. The van der Waals surface area contributed by atoms with E-state index in [1.165, 1.54) is 0 Å². The molecule has 106 valence electrons. The van der Waals surface area contributed by atoms with Gasteiger partial charge in [0, 0.05) is 32.3 Å². The second-order valence-corrected chi connectivity index (χ2v) is 4.86. The maximum absolute atomic E-state index is 11.2. The van der Waals surface area contributed by atoms with E-state index in [1.807, 2.05) is 10.6 Å². The number of nitrogens with zero attached hydrogens (tertiary/aromatic N) is 3. The van der Waals surface area contributed by atoms with Crippen LogP contribution < -0.4 is 0 Å². The van der Waals surface area contributed by atoms with Crippen molar-refractivity contribution in [3.8, 4) is 0 Å². The molecule has 0 aliphatic carbocycles. The average Bonchev–Trinajstić information content (AvgIpc) is 2.89. The Kier molecular flexibility index (Phi) is 3.66. The van der Waals surface area contributed by atoms with Crippen LogP contribution in [-0.2, 0) is 11.2 Å². The van der Waals surface area contributed by atoms with Crippen LogP contribution in [0.2, 0.25) is 0 Å². The fraction of sp³-hybridized carbons (Fsp3) is 0.429. The Morgan fingerprint density at radius 2 is 2.20 bits per heavy atom. The predicted molar refractivity (Wildman–Crippen MR) is 73.1 cm³/mol. The summed E-state index contributed by atoms with van der Waals surface area (Å²) < 4.78 is 7.19. The monoisotopic (exact) mass is 275 g/mol. The Morgan fingerprint density at radius 3 is 2.95 bits per heavy atom. The number of carboxylic acids is 1. The van der Waals surface area contributed by atoms with Crippen LogP contribution in [0.25, 0.3) is 5.52 Å². The van der Waals surface area contributed by atoms with Crippen molar-refractivity contribution in [1.82, 2.24) is 14.3 Å². The largest absolute Gasteiger partial charge is 0.478 e. The molecule has 6 nitrogen and oxygen atoms in total. The number of ether oxygens (including phenoxy) is 1. The van der Waals surface area contributed by atoms with E-state index in [9.17, 15) is 4.79 Å². The highest BCUT2D eigenvalue weighted by Crippen LogP contribution is 2.13. The van der Waals surface area contributed by atoms with Crippen LogP contribution in [0.15, 0.2) is 24.5 Å². The highest BCUT2D eigenvalue weighted by Gasteiger charge is 2.14. The molecule has 1 aliphatic heterocycles. The zero-order chi connectivity index (χ0) is 13.9. The molecule has 0 bridgehead atoms. The molecular weight excluding hydrogens is 258 g/mol. The highest BCUT2D eigenvalue weighted by atomic mass is 16.5. The number of aromatic carboxylic acids is 1. The van der Waals surface area contributed by atoms with Crippen molar-refractivity contribution in [1.29, 1.82) is 0 Å². The van der Waals surface area contributed by atoms with Crippen molar-refractivity contribution in [3.05, 3.63) is 35.9 Å². The quantitative estimate of drug-likeness (QED) is 0.898. The van der Waals surface area contributed by atoms with E-state index in [1.54, 1.807) is 18.3 Å². The highest BCUT2D eigenvalue weighted by molar-refractivity contribution is 5.95. The zero-order valence-corrected chi connectivity index (χ0v) is 11.2. The molecule has 0 atom stereocenters. The molecule has 0 amide bonds. The van der Waals surface area contributed by atoms with Crippen molar-refractivity contribution >= 4 is 11.5 Å². The number of morpholine rings is 1. The summed E-state index contributed by atoms with van der Waals surface area (Å²) >= 11 is 0. The summed E-state index contributed by atoms with van der Waals surface area (Å²) in [6.45, 7) is 4.38. The summed E-state index contributed by atoms with van der Waals surface area (Å²) in [6, 6.07) is 3.35. The minimum Gasteiger partial charge on any atom is -0.478 e. The molecule has 2 aromatic rings. The van der Waals surface area contributed by atoms with E-state index in [-0.39, 0.29) is 5.56 Å². The summed E-state index contributed by atoms with van der Waals surface area (Å²) in [5.41, 5.74) is 0.939. The van der Waals surface area contributed by atoms with Gasteiger partial charge in [0.2, 0.25) is 0 Å². The third-order valence-corrected chi connectivity index (χ3v) is 3.63. The molecule has 0 unspecified atom stereocenters. The Hall–Kier alpha value is -1.92. The molecule has 1 N–H and O–H groups in total. The van der Waals surface area contributed by atoms with E-state index in [0.717, 1.165) is 45.1 Å². The van der Waals surface area contributed by atoms with Crippen LogP contribution >= 0.6 is 0 Å². The molecule has 0 radical (unpaired) electrons. The van der Waals surface area contributed by atoms with Crippen molar-refractivity contribution in [3.63, 3.8) is 0 Å². The number of carbonyl (C=O) groups is 1. The van der Waals surface area contributed by atoms with Gasteiger partial charge in [0.25, 0.3) is 0 Å². The van der Waals surface area contributed by atoms with Gasteiger partial charge >= 0.3 is 5.97 Å². The Bertz CT molecular complexity index is 617. The lowest BCUT2D eigenvalue weighted by molar-refractivity contribution is 0.0382. The molecule has 1 aliphatic rings. The number of aromatic nitrogens is 2. The predicted octanol–water partition coefficient (Wildman–Crippen LogP) is 0.907. The summed E-state index contributed by atoms with van der Waals surface area (Å²) in [4.78, 5) is 17.9. The molecule has 6 heteroatoms. The van der Waals surface area contributed by atoms with Crippen LogP contribution in [0, 0.1) is 0 Å². The Morgan fingerprint density at radius 1 is 1.40 bits per heavy atom. The summed E-state index contributed by atoms with van der Waals surface area (Å²) in [5, 5.41) is 9.16. The SMILES string of the molecule is O=C(O)c1cccn2c(CCN3CCOCC3)ncc12. The maximum Gasteiger partial charge on any atom is 0.337 e. The molecule has 2 aromatic heterocycles. The van der Waals surface area contributed by atoms with E-state index >= 15 is 0 Å². The van der Waals surface area contributed by atoms with E-state index in [2.05, 4.69) is 9.88 Å². The number of imidazole rings is 1. The first-order valence-electron chi connectivity index (χ1n) is 6.74. The van der Waals surface area contributed by atoms with E-state index < -0.39 is 5.97 Å². The molecular formula is C14H17N3O3. The summed E-state index contributed by atoms with van der Waals surface area (Å²) in [7, 11) is 0. The van der Waals surface area contributed by atoms with Gasteiger partial charge in [-0.25, -0.2) is 9.78 Å². The first-order chi connectivity index (χ1) is 9.75. The first-order valence-corrected chi connectivity index (χ1v) is 6.74. The van der Waals surface area contributed by atoms with Crippen LogP contribution in [0.1, 0.15) is 16.2 Å². The third kappa shape index (κ3) is 2.52. The molecule has 1 fully saturated rings. The van der Waals surface area contributed by atoms with E-state index in [0.29, 0.717) is 5.52 Å². The van der Waals surface area contributed by atoms with Crippen LogP contribution in [0.5, 0.6) is 0 Å². The molecule has 0 saturated carbocycles. The van der Waals surface area contributed by atoms with Gasteiger partial charge in [-0.3, -0.25) is 4.90 Å². The topological polar surface area (TPSA) is 67.1 Å². The van der Waals surface area contributed by atoms with Crippen molar-refractivity contribution in [2.45, 2.75) is 6.42 Å². The average molecular weight is 275 g/mol. The molecule has 3 heterocycles. The lowest BCUT2D eigenvalue weighted by Gasteiger charge is -2.26. The second kappa shape index (κ2) is 5.60. The van der Waals surface area contributed by atoms with Gasteiger partial charge in [0.05, 0.1) is 30.5 Å². The number of hydrogen-bond acceptors (Lipinski definition) is 4. The van der Waals surface area contributed by atoms with Crippen LogP contribution in [-0.4, -0.2) is 58.2 Å². The van der Waals surface area contributed by atoms with Crippen molar-refractivity contribution in [2.75, 3.05) is 32.8 Å². The lowest BCUT2D eigenvalue weighted by Crippen LogP contribution is -2.37. The lowest BCUT2D eigenvalue weighted by atomic mass is 10.2. The van der Waals surface area contributed by atoms with E-state index in [4.69, 9.17) is 9.84 Å². The fourth-order valence-corrected chi connectivity index (χ4v) is 2.52. The fourth-order valence-electron chi connectivity index (χ4n) is 2.52. The van der Waals surface area contributed by atoms with Gasteiger partial charge in [0.15, 0.2) is 0 Å². The third-order valence-electron chi connectivity index (χ3n) is 3.63. The van der Waals surface area contributed by atoms with Crippen LogP contribution in [0.4, 0.5) is 0 Å². The van der Waals surface area contributed by atoms with Gasteiger partial charge in [-0.05, 0) is 12.1 Å². The Balaban J connectivity index is 1.78. The van der Waals surface area contributed by atoms with Gasteiger partial charge in [0.1, 0.15) is 5.82 Å². The standard InChI is InChI=1S/C14H17N3O3/c18-14(19)11-2-1-4-17-12(11)10-15-13(17)3-5-16-6-8-20-9-7-16/h1-2,4,10H,3,5-9H2,(H,18,19). The van der Waals surface area contributed by atoms with Crippen molar-refractivity contribution < 1.29 is 14.6 Å². The van der Waals surface area contributed by atoms with Crippen molar-refractivity contribution in [2.24, 2.45) is 0 Å². The summed E-state index contributed by atoms with van der Waals surface area (Å²) in [5.74, 6) is -0.0233. The molecule has 0 spiro atoms. The second-order valence-electron chi connectivity index (χ2n) is 4.86. The number of carboxylic acid groups (broad SMARTS) is 1. The minimum atomic E-state index is -0.921. The Labute approximate surface area is 116 Å². The van der Waals surface area contributed by atoms with Gasteiger partial charge < -0.3 is 14.2 Å². The molecule has 20 heavy (non-hydrogen) atoms. The maximum atomic E-state index is 11.2. The number of rotatable bonds is 4. The smallest absolute Gasteiger partial charge is 0.337 e. The zero-order valence-electron chi connectivity index (χ0n) is 11.2. The van der Waals surface area contributed by atoms with Gasteiger partial charge in [-0.15, -0.1) is 0 Å². The van der Waals surface area contributed by atoms with Gasteiger partial charge in [-0.1, -0.05) is 0 Å². The van der Waals surface area contributed by atoms with Gasteiger partial charge in [-0.2, -0.15) is 0 Å². The summed E-state index contributed by atoms with van der Waals surface area (Å²) in [6.07, 6.45) is 4.30. The minimum absolute atomic E-state index is 0.289. The number of hydrogen-bond donors (Lipinski definition) is 1. The van der Waals surface area contributed by atoms with Crippen LogP contribution in [0.3, 0.4) is 0 Å².